The molecule has 1 aromatic rings. The number of hydrogen-bond donors (Lipinski definition) is 2. The van der Waals surface area contributed by atoms with Crippen molar-refractivity contribution < 1.29 is 19.4 Å². The zero-order valence-electron chi connectivity index (χ0n) is 10.9. The van der Waals surface area contributed by atoms with Crippen molar-refractivity contribution in [2.45, 2.75) is 13.0 Å². The molecule has 1 amide bonds. The standard InChI is InChI=1S/C14H17NO4/c1-10-3-5-11(6-4-10)7-8-13(17)15-12(9-16)14(18)19-2/h3-8,12,16H,9H2,1-2H3,(H,15,17)/b8-7+. The van der Waals surface area contributed by atoms with E-state index in [2.05, 4.69) is 10.1 Å². The number of carbonyl (C=O) groups is 2. The number of rotatable bonds is 5. The van der Waals surface area contributed by atoms with Gasteiger partial charge in [-0.05, 0) is 18.6 Å². The minimum Gasteiger partial charge on any atom is -0.467 e. The van der Waals surface area contributed by atoms with Crippen LogP contribution >= 0.6 is 0 Å². The third-order valence-electron chi connectivity index (χ3n) is 2.49. The third-order valence-corrected chi connectivity index (χ3v) is 2.49. The predicted molar refractivity (Wildman–Crippen MR) is 71.2 cm³/mol. The highest BCUT2D eigenvalue weighted by Crippen LogP contribution is 2.04. The molecule has 19 heavy (non-hydrogen) atoms. The van der Waals surface area contributed by atoms with Crippen LogP contribution in [0.4, 0.5) is 0 Å². The number of ether oxygens (including phenoxy) is 1. The summed E-state index contributed by atoms with van der Waals surface area (Å²) in [5.41, 5.74) is 2.01. The number of aliphatic hydroxyl groups is 1. The van der Waals surface area contributed by atoms with Crippen molar-refractivity contribution in [3.05, 3.63) is 41.5 Å². The Labute approximate surface area is 111 Å². The molecule has 5 nitrogen and oxygen atoms in total. The Kier molecular flexibility index (Phi) is 5.75. The molecule has 0 aliphatic carbocycles. The summed E-state index contributed by atoms with van der Waals surface area (Å²) in [6.45, 7) is 1.47. The van der Waals surface area contributed by atoms with Crippen LogP contribution < -0.4 is 5.32 Å². The molecule has 1 unspecified atom stereocenters. The normalized spacial score (nSPS) is 12.2. The summed E-state index contributed by atoms with van der Waals surface area (Å²) >= 11 is 0. The van der Waals surface area contributed by atoms with Gasteiger partial charge in [-0.1, -0.05) is 29.8 Å². The Morgan fingerprint density at radius 3 is 2.53 bits per heavy atom. The number of aryl methyl sites for hydroxylation is 1. The summed E-state index contributed by atoms with van der Waals surface area (Å²) in [7, 11) is 1.19. The van der Waals surface area contributed by atoms with Gasteiger partial charge in [-0.2, -0.15) is 0 Å². The van der Waals surface area contributed by atoms with Crippen molar-refractivity contribution in [2.75, 3.05) is 13.7 Å². The fraction of sp³-hybridized carbons (Fsp3) is 0.286. The summed E-state index contributed by atoms with van der Waals surface area (Å²) in [6, 6.07) is 6.58. The number of aliphatic hydroxyl groups excluding tert-OH is 1. The lowest BCUT2D eigenvalue weighted by Gasteiger charge is -2.11. The van der Waals surface area contributed by atoms with Crippen molar-refractivity contribution in [1.29, 1.82) is 0 Å². The van der Waals surface area contributed by atoms with Crippen LogP contribution in [0.3, 0.4) is 0 Å². The molecule has 1 atom stereocenters. The number of amides is 1. The molecule has 0 bridgehead atoms. The minimum atomic E-state index is -1.04. The van der Waals surface area contributed by atoms with Crippen molar-refractivity contribution in [1.82, 2.24) is 5.32 Å². The summed E-state index contributed by atoms with van der Waals surface area (Å²) in [5, 5.41) is 11.3. The maximum absolute atomic E-state index is 11.6. The molecule has 0 aromatic heterocycles. The average Bonchev–Trinajstić information content (AvgIpc) is 2.43. The monoisotopic (exact) mass is 263 g/mol. The van der Waals surface area contributed by atoms with Gasteiger partial charge >= 0.3 is 5.97 Å². The smallest absolute Gasteiger partial charge is 0.330 e. The van der Waals surface area contributed by atoms with Crippen molar-refractivity contribution in [3.8, 4) is 0 Å². The SMILES string of the molecule is COC(=O)C(CO)NC(=O)/C=C/c1ccc(C)cc1. The Balaban J connectivity index is 2.59. The Hall–Kier alpha value is -2.14. The predicted octanol–water partition coefficient (Wildman–Crippen LogP) is 0.658. The van der Waals surface area contributed by atoms with Gasteiger partial charge in [-0.3, -0.25) is 4.79 Å². The van der Waals surface area contributed by atoms with Gasteiger partial charge in [0.2, 0.25) is 5.91 Å². The van der Waals surface area contributed by atoms with E-state index in [1.807, 2.05) is 31.2 Å². The molecule has 0 aliphatic rings. The van der Waals surface area contributed by atoms with Crippen molar-refractivity contribution in [2.24, 2.45) is 0 Å². The van der Waals surface area contributed by atoms with Crippen LogP contribution in [0.25, 0.3) is 6.08 Å². The summed E-state index contributed by atoms with van der Waals surface area (Å²) in [4.78, 5) is 22.7. The molecule has 0 fully saturated rings. The first-order valence-electron chi connectivity index (χ1n) is 5.80. The molecule has 102 valence electrons. The van der Waals surface area contributed by atoms with E-state index in [0.717, 1.165) is 11.1 Å². The fourth-order valence-corrected chi connectivity index (χ4v) is 1.39. The van der Waals surface area contributed by atoms with Crippen LogP contribution in [0.2, 0.25) is 0 Å². The molecule has 5 heteroatoms. The Morgan fingerprint density at radius 2 is 2.00 bits per heavy atom. The zero-order valence-corrected chi connectivity index (χ0v) is 10.9. The second kappa shape index (κ2) is 7.33. The van der Waals surface area contributed by atoms with E-state index in [0.29, 0.717) is 0 Å². The number of hydrogen-bond acceptors (Lipinski definition) is 4. The zero-order chi connectivity index (χ0) is 14.3. The highest BCUT2D eigenvalue weighted by Gasteiger charge is 2.18. The van der Waals surface area contributed by atoms with Gasteiger partial charge in [0, 0.05) is 6.08 Å². The highest BCUT2D eigenvalue weighted by molar-refractivity contribution is 5.94. The lowest BCUT2D eigenvalue weighted by molar-refractivity contribution is -0.145. The van der Waals surface area contributed by atoms with Crippen LogP contribution in [-0.4, -0.2) is 36.7 Å². The molecule has 0 saturated carbocycles. The fourth-order valence-electron chi connectivity index (χ4n) is 1.39. The van der Waals surface area contributed by atoms with E-state index < -0.39 is 24.5 Å². The first-order chi connectivity index (χ1) is 9.06. The van der Waals surface area contributed by atoms with E-state index in [9.17, 15) is 9.59 Å². The summed E-state index contributed by atoms with van der Waals surface area (Å²) in [6.07, 6.45) is 2.93. The molecule has 0 heterocycles. The number of methoxy groups -OCH3 is 1. The van der Waals surface area contributed by atoms with Gasteiger partial charge in [0.05, 0.1) is 13.7 Å². The number of carbonyl (C=O) groups excluding carboxylic acids is 2. The number of nitrogens with one attached hydrogen (secondary N) is 1. The molecule has 0 aliphatic heterocycles. The van der Waals surface area contributed by atoms with E-state index in [1.165, 1.54) is 13.2 Å². The van der Waals surface area contributed by atoms with E-state index in [-0.39, 0.29) is 0 Å². The Morgan fingerprint density at radius 1 is 1.37 bits per heavy atom. The minimum absolute atomic E-state index is 0.468. The third kappa shape index (κ3) is 4.93. The molecule has 1 rings (SSSR count). The maximum Gasteiger partial charge on any atom is 0.330 e. The van der Waals surface area contributed by atoms with E-state index in [4.69, 9.17) is 5.11 Å². The van der Waals surface area contributed by atoms with Crippen LogP contribution in [0.1, 0.15) is 11.1 Å². The van der Waals surface area contributed by atoms with Gasteiger partial charge in [0.25, 0.3) is 0 Å². The van der Waals surface area contributed by atoms with Crippen LogP contribution in [-0.2, 0) is 14.3 Å². The molecular formula is C14H17NO4. The molecule has 0 radical (unpaired) electrons. The van der Waals surface area contributed by atoms with E-state index >= 15 is 0 Å². The summed E-state index contributed by atoms with van der Waals surface area (Å²) < 4.78 is 4.44. The summed E-state index contributed by atoms with van der Waals surface area (Å²) in [5.74, 6) is -1.15. The van der Waals surface area contributed by atoms with Gasteiger partial charge < -0.3 is 15.2 Å². The molecule has 2 N–H and O–H groups in total. The average molecular weight is 263 g/mol. The lowest BCUT2D eigenvalue weighted by Crippen LogP contribution is -2.43. The number of esters is 1. The van der Waals surface area contributed by atoms with Gasteiger partial charge in [-0.15, -0.1) is 0 Å². The van der Waals surface area contributed by atoms with Crippen LogP contribution in [0.15, 0.2) is 30.3 Å². The lowest BCUT2D eigenvalue weighted by atomic mass is 10.1. The van der Waals surface area contributed by atoms with Gasteiger partial charge in [0.1, 0.15) is 0 Å². The van der Waals surface area contributed by atoms with Crippen molar-refractivity contribution in [3.63, 3.8) is 0 Å². The quantitative estimate of drug-likeness (QED) is 0.604. The maximum atomic E-state index is 11.6. The van der Waals surface area contributed by atoms with Gasteiger partial charge in [-0.25, -0.2) is 4.79 Å². The van der Waals surface area contributed by atoms with Crippen LogP contribution in [0, 0.1) is 6.92 Å². The Bertz CT molecular complexity index is 465. The molecule has 0 spiro atoms. The van der Waals surface area contributed by atoms with Gasteiger partial charge in [0.15, 0.2) is 6.04 Å². The largest absolute Gasteiger partial charge is 0.467 e. The van der Waals surface area contributed by atoms with Crippen LogP contribution in [0.5, 0.6) is 0 Å². The molecular weight excluding hydrogens is 246 g/mol. The first kappa shape index (κ1) is 14.9. The second-order valence-electron chi connectivity index (χ2n) is 4.01. The van der Waals surface area contributed by atoms with Crippen molar-refractivity contribution >= 4 is 18.0 Å². The topological polar surface area (TPSA) is 75.6 Å². The second-order valence-corrected chi connectivity index (χ2v) is 4.01. The van der Waals surface area contributed by atoms with E-state index in [1.54, 1.807) is 6.08 Å². The molecule has 1 aromatic carbocycles. The highest BCUT2D eigenvalue weighted by atomic mass is 16.5. The first-order valence-corrected chi connectivity index (χ1v) is 5.80. The molecule has 0 saturated heterocycles. The number of benzene rings is 1.